The zero-order valence-corrected chi connectivity index (χ0v) is 23.5. The van der Waals surface area contributed by atoms with E-state index in [1.165, 1.54) is 54.4 Å². The summed E-state index contributed by atoms with van der Waals surface area (Å²) < 4.78 is 13.3. The summed E-state index contributed by atoms with van der Waals surface area (Å²) in [5.41, 5.74) is 6.21. The number of nitrogens with zero attached hydrogens (tertiary/aromatic N) is 2. The molecule has 0 saturated heterocycles. The van der Waals surface area contributed by atoms with Crippen LogP contribution in [-0.4, -0.2) is 41.9 Å². The van der Waals surface area contributed by atoms with Gasteiger partial charge in [-0.1, -0.05) is 103 Å². The van der Waals surface area contributed by atoms with Gasteiger partial charge < -0.3 is 9.47 Å². The van der Waals surface area contributed by atoms with E-state index in [1.54, 1.807) is 0 Å². The molecule has 0 N–H and O–H groups in total. The van der Waals surface area contributed by atoms with Crippen molar-refractivity contribution >= 4 is 19.7 Å². The SMILES string of the molecule is CC1(C)c2ccccc2[C@H]2OC(CP(CC3=N[C@H]4[C@@H](O3)c3ccccc3C4(C)C)C3CCCCC3)=N[C@H]21. The van der Waals surface area contributed by atoms with Crippen LogP contribution in [0.2, 0.25) is 0 Å². The number of ether oxygens (including phenoxy) is 2. The van der Waals surface area contributed by atoms with Crippen molar-refractivity contribution in [3.63, 3.8) is 0 Å². The molecule has 0 bridgehead atoms. The van der Waals surface area contributed by atoms with Crippen molar-refractivity contribution in [2.75, 3.05) is 12.3 Å². The minimum atomic E-state index is -0.347. The molecule has 0 aromatic heterocycles. The van der Waals surface area contributed by atoms with Gasteiger partial charge in [-0.2, -0.15) is 0 Å². The van der Waals surface area contributed by atoms with Crippen molar-refractivity contribution in [2.24, 2.45) is 9.98 Å². The lowest BCUT2D eigenvalue weighted by molar-refractivity contribution is 0.184. The highest BCUT2D eigenvalue weighted by molar-refractivity contribution is 7.60. The van der Waals surface area contributed by atoms with Gasteiger partial charge in [-0.05, 0) is 40.8 Å². The van der Waals surface area contributed by atoms with Gasteiger partial charge in [0.05, 0.1) is 0 Å². The smallest absolute Gasteiger partial charge is 0.188 e. The molecule has 0 spiro atoms. The lowest BCUT2D eigenvalue weighted by Crippen LogP contribution is -2.27. The highest BCUT2D eigenvalue weighted by Crippen LogP contribution is 2.55. The second-order valence-electron chi connectivity index (χ2n) is 12.8. The fourth-order valence-electron chi connectivity index (χ4n) is 7.72. The quantitative estimate of drug-likeness (QED) is 0.389. The standard InChI is InChI=1S/C32H39N2O2P/c1-31(2)23-16-10-8-14-21(23)27-29(31)33-25(35-27)18-37(20-12-6-5-7-13-20)19-26-34-30-28(36-26)22-15-9-11-17-24(22)32(30,3)4/h8-11,14-17,20,27-30H,5-7,12-13,18-19H2,1-4H3/t27-,28+,29-,30+,37?. The summed E-state index contributed by atoms with van der Waals surface area (Å²) in [4.78, 5) is 10.5. The number of benzene rings is 2. The number of fused-ring (bicyclic) bond motifs is 6. The fourth-order valence-corrected chi connectivity index (χ4v) is 10.5. The van der Waals surface area contributed by atoms with Gasteiger partial charge in [0.25, 0.3) is 0 Å². The van der Waals surface area contributed by atoms with E-state index in [0.717, 1.165) is 29.8 Å². The average Bonchev–Trinajstić information content (AvgIpc) is 3.62. The zero-order valence-electron chi connectivity index (χ0n) is 22.6. The molecule has 2 heterocycles. The van der Waals surface area contributed by atoms with Gasteiger partial charge in [-0.3, -0.25) is 0 Å². The molecule has 5 atom stereocenters. The fraction of sp³-hybridized carbons (Fsp3) is 0.562. The van der Waals surface area contributed by atoms with Crippen LogP contribution in [0.4, 0.5) is 0 Å². The highest BCUT2D eigenvalue weighted by Gasteiger charge is 2.53. The molecular formula is C32H39N2O2P. The lowest BCUT2D eigenvalue weighted by atomic mass is 9.83. The van der Waals surface area contributed by atoms with E-state index in [4.69, 9.17) is 19.5 Å². The summed E-state index contributed by atoms with van der Waals surface area (Å²) in [6.07, 6.45) is 8.79. The molecule has 4 nitrogen and oxygen atoms in total. The number of hydrogen-bond acceptors (Lipinski definition) is 4. The molecule has 0 radical (unpaired) electrons. The van der Waals surface area contributed by atoms with E-state index < -0.39 is 0 Å². The molecule has 2 aliphatic heterocycles. The van der Waals surface area contributed by atoms with Crippen molar-refractivity contribution in [1.29, 1.82) is 0 Å². The van der Waals surface area contributed by atoms with Gasteiger partial charge in [0.15, 0.2) is 11.8 Å². The second kappa shape index (κ2) is 8.67. The topological polar surface area (TPSA) is 43.2 Å². The van der Waals surface area contributed by atoms with Crippen molar-refractivity contribution < 1.29 is 9.47 Å². The summed E-state index contributed by atoms with van der Waals surface area (Å²) >= 11 is 0. The first-order valence-corrected chi connectivity index (χ1v) is 16.0. The molecule has 5 aliphatic rings. The zero-order chi connectivity index (χ0) is 25.4. The molecule has 1 saturated carbocycles. The van der Waals surface area contributed by atoms with E-state index in [2.05, 4.69) is 76.2 Å². The van der Waals surface area contributed by atoms with Gasteiger partial charge in [0, 0.05) is 23.2 Å². The van der Waals surface area contributed by atoms with Crippen molar-refractivity contribution in [1.82, 2.24) is 0 Å². The van der Waals surface area contributed by atoms with Gasteiger partial charge in [-0.25, -0.2) is 9.98 Å². The van der Waals surface area contributed by atoms with Crippen LogP contribution in [0.1, 0.15) is 94.3 Å². The highest BCUT2D eigenvalue weighted by atomic mass is 31.1. The molecule has 37 heavy (non-hydrogen) atoms. The first kappa shape index (κ1) is 23.9. The third-order valence-electron chi connectivity index (χ3n) is 9.84. The monoisotopic (exact) mass is 514 g/mol. The van der Waals surface area contributed by atoms with Gasteiger partial charge in [-0.15, -0.1) is 0 Å². The van der Waals surface area contributed by atoms with Crippen LogP contribution in [0.25, 0.3) is 0 Å². The lowest BCUT2D eigenvalue weighted by Gasteiger charge is -2.31. The van der Waals surface area contributed by atoms with E-state index in [9.17, 15) is 0 Å². The van der Waals surface area contributed by atoms with Crippen molar-refractivity contribution in [2.45, 2.75) is 101 Å². The maximum absolute atomic E-state index is 6.67. The normalized spacial score (nSPS) is 31.4. The molecular weight excluding hydrogens is 475 g/mol. The van der Waals surface area contributed by atoms with Crippen LogP contribution in [0.15, 0.2) is 58.5 Å². The summed E-state index contributed by atoms with van der Waals surface area (Å²) in [5, 5.41) is 0. The first-order valence-electron chi connectivity index (χ1n) is 14.2. The molecule has 7 rings (SSSR count). The third kappa shape index (κ3) is 3.73. The van der Waals surface area contributed by atoms with E-state index in [0.29, 0.717) is 0 Å². The average molecular weight is 515 g/mol. The Kier molecular flexibility index (Phi) is 5.60. The van der Waals surface area contributed by atoms with Crippen LogP contribution in [0.5, 0.6) is 0 Å². The predicted molar refractivity (Wildman–Crippen MR) is 153 cm³/mol. The summed E-state index contributed by atoms with van der Waals surface area (Å²) in [5.74, 6) is 1.97. The Morgan fingerprint density at radius 3 is 1.65 bits per heavy atom. The minimum Gasteiger partial charge on any atom is -0.470 e. The Morgan fingerprint density at radius 2 is 1.16 bits per heavy atom. The van der Waals surface area contributed by atoms with Gasteiger partial charge >= 0.3 is 0 Å². The summed E-state index contributed by atoms with van der Waals surface area (Å²) in [6, 6.07) is 17.9. The van der Waals surface area contributed by atoms with E-state index >= 15 is 0 Å². The Bertz CT molecular complexity index is 1190. The number of aliphatic imine (C=N–C) groups is 2. The van der Waals surface area contributed by atoms with Crippen molar-refractivity contribution in [3.8, 4) is 0 Å². The minimum absolute atomic E-state index is 0.00562. The van der Waals surface area contributed by atoms with Crippen LogP contribution >= 0.6 is 7.92 Å². The molecule has 1 unspecified atom stereocenters. The molecule has 194 valence electrons. The molecule has 2 aromatic carbocycles. The van der Waals surface area contributed by atoms with Crippen LogP contribution < -0.4 is 0 Å². The summed E-state index contributed by atoms with van der Waals surface area (Å²) in [6.45, 7) is 9.32. The van der Waals surface area contributed by atoms with E-state index in [-0.39, 0.29) is 43.0 Å². The molecule has 0 amide bonds. The van der Waals surface area contributed by atoms with Crippen LogP contribution in [-0.2, 0) is 20.3 Å². The maximum Gasteiger partial charge on any atom is 0.188 e. The third-order valence-corrected chi connectivity index (χ3v) is 12.7. The van der Waals surface area contributed by atoms with Crippen LogP contribution in [0.3, 0.4) is 0 Å². The Morgan fingerprint density at radius 1 is 0.703 bits per heavy atom. The first-order chi connectivity index (χ1) is 17.8. The molecule has 5 heteroatoms. The molecule has 3 aliphatic carbocycles. The van der Waals surface area contributed by atoms with Gasteiger partial charge in [0.2, 0.25) is 0 Å². The number of rotatable bonds is 5. The molecule has 1 fully saturated rings. The molecule has 2 aromatic rings. The Labute approximate surface area is 222 Å². The van der Waals surface area contributed by atoms with Gasteiger partial charge in [0.1, 0.15) is 24.3 Å². The Balaban J connectivity index is 1.13. The van der Waals surface area contributed by atoms with E-state index in [1.807, 2.05) is 0 Å². The summed E-state index contributed by atoms with van der Waals surface area (Å²) in [7, 11) is -0.347. The van der Waals surface area contributed by atoms with Crippen LogP contribution in [0, 0.1) is 0 Å². The predicted octanol–water partition coefficient (Wildman–Crippen LogP) is 7.46. The largest absolute Gasteiger partial charge is 0.470 e. The Hall–Kier alpha value is -2.19. The number of hydrogen-bond donors (Lipinski definition) is 0. The second-order valence-corrected chi connectivity index (χ2v) is 15.4. The maximum atomic E-state index is 6.67. The van der Waals surface area contributed by atoms with Crippen molar-refractivity contribution in [3.05, 3.63) is 70.8 Å².